The van der Waals surface area contributed by atoms with Crippen molar-refractivity contribution in [2.24, 2.45) is 5.92 Å². The van der Waals surface area contributed by atoms with Crippen LogP contribution in [0.1, 0.15) is 40.6 Å². The van der Waals surface area contributed by atoms with Gasteiger partial charge in [0.05, 0.1) is 0 Å². The van der Waals surface area contributed by atoms with E-state index in [4.69, 9.17) is 0 Å². The molecule has 1 atom stereocenters. The fourth-order valence-corrected chi connectivity index (χ4v) is 2.96. The number of benzene rings is 1. The summed E-state index contributed by atoms with van der Waals surface area (Å²) in [6, 6.07) is 8.56. The molecule has 1 aromatic carbocycles. The highest BCUT2D eigenvalue weighted by Gasteiger charge is 2.23. The van der Waals surface area contributed by atoms with Crippen LogP contribution < -0.4 is 5.32 Å². The lowest BCUT2D eigenvalue weighted by atomic mass is 10.00. The molecule has 5 nitrogen and oxygen atoms in total. The highest BCUT2D eigenvalue weighted by Crippen LogP contribution is 2.18. The van der Waals surface area contributed by atoms with Crippen LogP contribution in [-0.2, 0) is 0 Å². The summed E-state index contributed by atoms with van der Waals surface area (Å²) in [4.78, 5) is 30.9. The van der Waals surface area contributed by atoms with E-state index >= 15 is 0 Å². The summed E-state index contributed by atoms with van der Waals surface area (Å²) in [6.07, 6.45) is 3.56. The molecule has 0 saturated carbocycles. The van der Waals surface area contributed by atoms with Gasteiger partial charge in [0, 0.05) is 30.5 Å². The lowest BCUT2D eigenvalue weighted by Gasteiger charge is -2.30. The van der Waals surface area contributed by atoms with Gasteiger partial charge in [-0.15, -0.1) is 0 Å². The second-order valence-corrected chi connectivity index (χ2v) is 6.39. The molecule has 1 N–H and O–H groups in total. The Morgan fingerprint density at radius 1 is 1.24 bits per heavy atom. The van der Waals surface area contributed by atoms with E-state index in [0.29, 0.717) is 23.7 Å². The minimum atomic E-state index is -0.370. The number of hydrogen-bond donors (Lipinski definition) is 1. The average Bonchev–Trinajstić information content (AvgIpc) is 2.63. The number of anilines is 1. The molecule has 2 heterocycles. The van der Waals surface area contributed by atoms with Gasteiger partial charge in [-0.05, 0) is 55.2 Å². The number of likely N-dealkylation sites (tertiary alicyclic amines) is 1. The zero-order valence-electron chi connectivity index (χ0n) is 14.0. The first-order valence-corrected chi connectivity index (χ1v) is 8.35. The number of nitrogens with one attached hydrogen (secondary N) is 1. The molecule has 1 aliphatic heterocycles. The summed E-state index contributed by atoms with van der Waals surface area (Å²) in [5, 5.41) is 2.68. The maximum absolute atomic E-state index is 12.9. The van der Waals surface area contributed by atoms with Crippen molar-refractivity contribution in [3.05, 3.63) is 59.7 Å². The van der Waals surface area contributed by atoms with Crippen LogP contribution in [-0.4, -0.2) is 34.8 Å². The third kappa shape index (κ3) is 4.21. The Morgan fingerprint density at radius 2 is 2.00 bits per heavy atom. The van der Waals surface area contributed by atoms with Crippen molar-refractivity contribution in [2.45, 2.75) is 19.8 Å². The van der Waals surface area contributed by atoms with Gasteiger partial charge in [0.2, 0.25) is 0 Å². The van der Waals surface area contributed by atoms with Gasteiger partial charge < -0.3 is 10.2 Å². The number of aromatic nitrogens is 1. The van der Waals surface area contributed by atoms with E-state index in [0.717, 1.165) is 19.4 Å². The van der Waals surface area contributed by atoms with Gasteiger partial charge >= 0.3 is 0 Å². The van der Waals surface area contributed by atoms with E-state index in [1.165, 1.54) is 36.5 Å². The zero-order valence-corrected chi connectivity index (χ0v) is 14.0. The Bertz CT molecular complexity index is 776. The maximum atomic E-state index is 12.9. The fraction of sp³-hybridized carbons (Fsp3) is 0.316. The van der Waals surface area contributed by atoms with Crippen molar-refractivity contribution in [2.75, 3.05) is 18.4 Å². The van der Waals surface area contributed by atoms with Crippen LogP contribution in [0, 0.1) is 11.7 Å². The minimum Gasteiger partial charge on any atom is -0.337 e. The Morgan fingerprint density at radius 3 is 2.72 bits per heavy atom. The van der Waals surface area contributed by atoms with Crippen molar-refractivity contribution in [3.63, 3.8) is 0 Å². The van der Waals surface area contributed by atoms with E-state index in [1.807, 2.05) is 0 Å². The molecule has 25 heavy (non-hydrogen) atoms. The van der Waals surface area contributed by atoms with Crippen molar-refractivity contribution in [3.8, 4) is 0 Å². The summed E-state index contributed by atoms with van der Waals surface area (Å²) in [5.74, 6) is -0.411. The van der Waals surface area contributed by atoms with Gasteiger partial charge in [0.25, 0.3) is 11.8 Å². The van der Waals surface area contributed by atoms with Crippen LogP contribution >= 0.6 is 0 Å². The van der Waals surface area contributed by atoms with Gasteiger partial charge in [-0.3, -0.25) is 14.6 Å². The quantitative estimate of drug-likeness (QED) is 0.931. The van der Waals surface area contributed by atoms with Gasteiger partial charge in [0.1, 0.15) is 11.5 Å². The van der Waals surface area contributed by atoms with Gasteiger partial charge in [-0.25, -0.2) is 4.39 Å². The fourth-order valence-electron chi connectivity index (χ4n) is 2.96. The predicted octanol–water partition coefficient (Wildman–Crippen LogP) is 3.35. The molecular formula is C19H20FN3O2. The molecule has 0 radical (unpaired) electrons. The molecule has 0 aliphatic carbocycles. The number of halogens is 1. The van der Waals surface area contributed by atoms with Crippen LogP contribution in [0.25, 0.3) is 0 Å². The third-order valence-corrected chi connectivity index (χ3v) is 4.29. The Labute approximate surface area is 145 Å². The summed E-state index contributed by atoms with van der Waals surface area (Å²) in [7, 11) is 0. The Kier molecular flexibility index (Phi) is 5.07. The number of pyridine rings is 1. The topological polar surface area (TPSA) is 62.3 Å². The summed E-state index contributed by atoms with van der Waals surface area (Å²) in [5.41, 5.74) is 1.09. The van der Waals surface area contributed by atoms with Crippen molar-refractivity contribution >= 4 is 17.5 Å². The van der Waals surface area contributed by atoms with Crippen LogP contribution in [0.4, 0.5) is 10.1 Å². The second kappa shape index (κ2) is 7.42. The molecule has 130 valence electrons. The number of nitrogens with zero attached hydrogens (tertiary/aromatic N) is 2. The Hall–Kier alpha value is -2.76. The van der Waals surface area contributed by atoms with E-state index < -0.39 is 0 Å². The standard InChI is InChI=1S/C19H20FN3O2/c1-13-3-2-10-23(12-13)19(25)17-11-14(8-9-21-17)18(24)22-16-6-4-15(20)5-7-16/h4-9,11,13H,2-3,10,12H2,1H3,(H,22,24). The largest absolute Gasteiger partial charge is 0.337 e. The summed E-state index contributed by atoms with van der Waals surface area (Å²) >= 11 is 0. The van der Waals surface area contributed by atoms with E-state index in [9.17, 15) is 14.0 Å². The molecule has 0 bridgehead atoms. The number of carbonyl (C=O) groups excluding carboxylic acids is 2. The highest BCUT2D eigenvalue weighted by molar-refractivity contribution is 6.05. The molecule has 1 fully saturated rings. The first kappa shape index (κ1) is 17.1. The Balaban J connectivity index is 1.73. The molecule has 3 rings (SSSR count). The molecule has 2 aromatic rings. The van der Waals surface area contributed by atoms with Gasteiger partial charge in [-0.1, -0.05) is 6.92 Å². The van der Waals surface area contributed by atoms with E-state index in [1.54, 1.807) is 11.0 Å². The molecule has 6 heteroatoms. The van der Waals surface area contributed by atoms with Crippen LogP contribution in [0.3, 0.4) is 0 Å². The smallest absolute Gasteiger partial charge is 0.272 e. The van der Waals surface area contributed by atoms with Crippen LogP contribution in [0.2, 0.25) is 0 Å². The third-order valence-electron chi connectivity index (χ3n) is 4.29. The maximum Gasteiger partial charge on any atom is 0.272 e. The monoisotopic (exact) mass is 341 g/mol. The second-order valence-electron chi connectivity index (χ2n) is 6.39. The number of rotatable bonds is 3. The SMILES string of the molecule is CC1CCCN(C(=O)c2cc(C(=O)Nc3ccc(F)cc3)ccn2)C1. The summed E-state index contributed by atoms with van der Waals surface area (Å²) < 4.78 is 12.9. The zero-order chi connectivity index (χ0) is 17.8. The van der Waals surface area contributed by atoms with E-state index in [-0.39, 0.29) is 23.3 Å². The predicted molar refractivity (Wildman–Crippen MR) is 92.9 cm³/mol. The average molecular weight is 341 g/mol. The number of hydrogen-bond acceptors (Lipinski definition) is 3. The lowest BCUT2D eigenvalue weighted by molar-refractivity contribution is 0.0677. The molecule has 0 spiro atoms. The van der Waals surface area contributed by atoms with Crippen LogP contribution in [0.5, 0.6) is 0 Å². The molecule has 1 aromatic heterocycles. The first-order valence-electron chi connectivity index (χ1n) is 8.35. The number of amides is 2. The van der Waals surface area contributed by atoms with Crippen molar-refractivity contribution < 1.29 is 14.0 Å². The lowest BCUT2D eigenvalue weighted by Crippen LogP contribution is -2.39. The van der Waals surface area contributed by atoms with E-state index in [2.05, 4.69) is 17.2 Å². The normalized spacial score (nSPS) is 17.2. The van der Waals surface area contributed by atoms with Gasteiger partial charge in [-0.2, -0.15) is 0 Å². The van der Waals surface area contributed by atoms with Gasteiger partial charge in [0.15, 0.2) is 0 Å². The number of piperidine rings is 1. The minimum absolute atomic E-state index is 0.150. The molecule has 1 saturated heterocycles. The van der Waals surface area contributed by atoms with Crippen molar-refractivity contribution in [1.29, 1.82) is 0 Å². The van der Waals surface area contributed by atoms with Crippen molar-refractivity contribution in [1.82, 2.24) is 9.88 Å². The highest BCUT2D eigenvalue weighted by atomic mass is 19.1. The number of carbonyl (C=O) groups is 2. The first-order chi connectivity index (χ1) is 12.0. The van der Waals surface area contributed by atoms with Crippen LogP contribution in [0.15, 0.2) is 42.6 Å². The molecule has 2 amide bonds. The molecule has 1 aliphatic rings. The molecule has 1 unspecified atom stereocenters. The molecular weight excluding hydrogens is 321 g/mol. The summed E-state index contributed by atoms with van der Waals surface area (Å²) in [6.45, 7) is 3.56.